The Morgan fingerprint density at radius 2 is 1.89 bits per heavy atom. The Labute approximate surface area is 120 Å². The third-order valence-electron chi connectivity index (χ3n) is 2.59. The lowest BCUT2D eigenvalue weighted by Crippen LogP contribution is -2.02. The van der Waals surface area contributed by atoms with Crippen LogP contribution in [0.3, 0.4) is 0 Å². The second-order valence-electron chi connectivity index (χ2n) is 3.86. The molecule has 0 amide bonds. The predicted octanol–water partition coefficient (Wildman–Crippen LogP) is 4.51. The monoisotopic (exact) mass is 296 g/mol. The van der Waals surface area contributed by atoms with Crippen LogP contribution in [0.15, 0.2) is 42.5 Å². The molecular formula is C13H10Cl2N2O2. The number of hydrogen-bond acceptors (Lipinski definition) is 3. The Kier molecular flexibility index (Phi) is 4.24. The minimum atomic E-state index is -0.425. The molecule has 0 heterocycles. The number of rotatable bonds is 4. The van der Waals surface area contributed by atoms with Gasteiger partial charge in [0.05, 0.1) is 4.92 Å². The Morgan fingerprint density at radius 1 is 1.16 bits per heavy atom. The average Bonchev–Trinajstić information content (AvgIpc) is 2.38. The number of anilines is 1. The molecular weight excluding hydrogens is 287 g/mol. The normalized spacial score (nSPS) is 10.2. The second kappa shape index (κ2) is 5.91. The van der Waals surface area contributed by atoms with E-state index in [1.807, 2.05) is 0 Å². The molecule has 0 radical (unpaired) electrons. The molecule has 0 aliphatic heterocycles. The Hall–Kier alpha value is -1.78. The van der Waals surface area contributed by atoms with Crippen molar-refractivity contribution in [3.63, 3.8) is 0 Å². The van der Waals surface area contributed by atoms with Gasteiger partial charge in [-0.05, 0) is 23.8 Å². The smallest absolute Gasteiger partial charge is 0.292 e. The highest BCUT2D eigenvalue weighted by Crippen LogP contribution is 2.26. The maximum absolute atomic E-state index is 10.9. The summed E-state index contributed by atoms with van der Waals surface area (Å²) in [5.74, 6) is 0. The first kappa shape index (κ1) is 13.6. The molecule has 0 spiro atoms. The van der Waals surface area contributed by atoms with E-state index in [1.165, 1.54) is 6.07 Å². The zero-order chi connectivity index (χ0) is 13.8. The van der Waals surface area contributed by atoms with Crippen molar-refractivity contribution in [2.45, 2.75) is 6.54 Å². The molecule has 2 aromatic rings. The van der Waals surface area contributed by atoms with E-state index >= 15 is 0 Å². The first-order chi connectivity index (χ1) is 9.08. The summed E-state index contributed by atoms with van der Waals surface area (Å²) < 4.78 is 0. The van der Waals surface area contributed by atoms with Gasteiger partial charge < -0.3 is 5.32 Å². The summed E-state index contributed by atoms with van der Waals surface area (Å²) in [6.45, 7) is 0.390. The van der Waals surface area contributed by atoms with Gasteiger partial charge in [0.2, 0.25) is 0 Å². The molecule has 0 fully saturated rings. The number of para-hydroxylation sites is 2. The van der Waals surface area contributed by atoms with E-state index in [-0.39, 0.29) is 5.69 Å². The zero-order valence-electron chi connectivity index (χ0n) is 9.77. The zero-order valence-corrected chi connectivity index (χ0v) is 11.3. The summed E-state index contributed by atoms with van der Waals surface area (Å²) in [7, 11) is 0. The number of halogens is 2. The topological polar surface area (TPSA) is 55.2 Å². The van der Waals surface area contributed by atoms with Gasteiger partial charge >= 0.3 is 0 Å². The third kappa shape index (κ3) is 3.36. The molecule has 0 aromatic heterocycles. The molecule has 98 valence electrons. The van der Waals surface area contributed by atoms with Crippen molar-refractivity contribution >= 4 is 34.6 Å². The van der Waals surface area contributed by atoms with E-state index in [4.69, 9.17) is 23.2 Å². The Morgan fingerprint density at radius 3 is 2.58 bits per heavy atom. The van der Waals surface area contributed by atoms with E-state index in [0.29, 0.717) is 22.3 Å². The minimum Gasteiger partial charge on any atom is -0.375 e. The minimum absolute atomic E-state index is 0.0348. The first-order valence-electron chi connectivity index (χ1n) is 5.49. The van der Waals surface area contributed by atoms with E-state index in [1.54, 1.807) is 36.4 Å². The fraction of sp³-hybridized carbons (Fsp3) is 0.0769. The van der Waals surface area contributed by atoms with Crippen molar-refractivity contribution in [3.05, 3.63) is 68.2 Å². The van der Waals surface area contributed by atoms with Gasteiger partial charge in [0.15, 0.2) is 0 Å². The Balaban J connectivity index is 2.17. The molecule has 19 heavy (non-hydrogen) atoms. The molecule has 0 aliphatic rings. The maximum Gasteiger partial charge on any atom is 0.292 e. The predicted molar refractivity (Wildman–Crippen MR) is 76.9 cm³/mol. The number of nitro groups is 1. The van der Waals surface area contributed by atoms with Gasteiger partial charge in [-0.2, -0.15) is 0 Å². The SMILES string of the molecule is O=[N+]([O-])c1ccccc1NCc1ccc(Cl)cc1Cl. The lowest BCUT2D eigenvalue weighted by atomic mass is 10.2. The van der Waals surface area contributed by atoms with Crippen LogP contribution >= 0.6 is 23.2 Å². The van der Waals surface area contributed by atoms with Crippen LogP contribution < -0.4 is 5.32 Å². The summed E-state index contributed by atoms with van der Waals surface area (Å²) in [4.78, 5) is 10.4. The summed E-state index contributed by atoms with van der Waals surface area (Å²) in [6, 6.07) is 11.6. The quantitative estimate of drug-likeness (QED) is 0.667. The number of nitro benzene ring substituents is 1. The van der Waals surface area contributed by atoms with Crippen LogP contribution in [0.4, 0.5) is 11.4 Å². The van der Waals surface area contributed by atoms with Crippen molar-refractivity contribution in [1.29, 1.82) is 0 Å². The van der Waals surface area contributed by atoms with E-state index < -0.39 is 4.92 Å². The summed E-state index contributed by atoms with van der Waals surface area (Å²) in [6.07, 6.45) is 0. The van der Waals surface area contributed by atoms with Gasteiger partial charge in [-0.15, -0.1) is 0 Å². The number of nitrogens with one attached hydrogen (secondary N) is 1. The summed E-state index contributed by atoms with van der Waals surface area (Å²) in [5, 5.41) is 15.0. The van der Waals surface area contributed by atoms with Crippen molar-refractivity contribution in [3.8, 4) is 0 Å². The highest BCUT2D eigenvalue weighted by Gasteiger charge is 2.12. The van der Waals surface area contributed by atoms with Crippen LogP contribution in [0.5, 0.6) is 0 Å². The van der Waals surface area contributed by atoms with Crippen LogP contribution in [-0.4, -0.2) is 4.92 Å². The number of benzene rings is 2. The lowest BCUT2D eigenvalue weighted by Gasteiger charge is -2.08. The molecule has 2 aromatic carbocycles. The molecule has 0 aliphatic carbocycles. The van der Waals surface area contributed by atoms with Crippen LogP contribution in [-0.2, 0) is 6.54 Å². The van der Waals surface area contributed by atoms with Gasteiger partial charge in [0.1, 0.15) is 5.69 Å². The van der Waals surface area contributed by atoms with E-state index in [9.17, 15) is 10.1 Å². The number of hydrogen-bond donors (Lipinski definition) is 1. The molecule has 1 N–H and O–H groups in total. The summed E-state index contributed by atoms with van der Waals surface area (Å²) in [5.41, 5.74) is 1.32. The van der Waals surface area contributed by atoms with E-state index in [0.717, 1.165) is 5.56 Å². The fourth-order valence-electron chi connectivity index (χ4n) is 1.64. The van der Waals surface area contributed by atoms with Gasteiger partial charge in [-0.1, -0.05) is 41.4 Å². The Bertz CT molecular complexity index is 617. The maximum atomic E-state index is 10.9. The third-order valence-corrected chi connectivity index (χ3v) is 3.17. The molecule has 2 rings (SSSR count). The van der Waals surface area contributed by atoms with Crippen molar-refractivity contribution in [2.24, 2.45) is 0 Å². The van der Waals surface area contributed by atoms with E-state index in [2.05, 4.69) is 5.32 Å². The largest absolute Gasteiger partial charge is 0.375 e. The van der Waals surface area contributed by atoms with Crippen molar-refractivity contribution in [2.75, 3.05) is 5.32 Å². The van der Waals surface area contributed by atoms with Gasteiger partial charge in [0.25, 0.3) is 5.69 Å². The molecule has 0 saturated heterocycles. The van der Waals surface area contributed by atoms with Gasteiger partial charge in [0, 0.05) is 22.7 Å². The van der Waals surface area contributed by atoms with Crippen LogP contribution in [0, 0.1) is 10.1 Å². The van der Waals surface area contributed by atoms with Crippen LogP contribution in [0.1, 0.15) is 5.56 Å². The molecule has 0 unspecified atom stereocenters. The van der Waals surface area contributed by atoms with Crippen molar-refractivity contribution < 1.29 is 4.92 Å². The standard InChI is InChI=1S/C13H10Cl2N2O2/c14-10-6-5-9(11(15)7-10)8-16-12-3-1-2-4-13(12)17(18)19/h1-7,16H,8H2. The van der Waals surface area contributed by atoms with Gasteiger partial charge in [-0.3, -0.25) is 10.1 Å². The highest BCUT2D eigenvalue weighted by molar-refractivity contribution is 6.35. The summed E-state index contributed by atoms with van der Waals surface area (Å²) >= 11 is 11.8. The molecule has 4 nitrogen and oxygen atoms in total. The molecule has 0 bridgehead atoms. The average molecular weight is 297 g/mol. The second-order valence-corrected chi connectivity index (χ2v) is 4.71. The van der Waals surface area contributed by atoms with Crippen molar-refractivity contribution in [1.82, 2.24) is 0 Å². The molecule has 0 atom stereocenters. The molecule has 6 heteroatoms. The lowest BCUT2D eigenvalue weighted by molar-refractivity contribution is -0.384. The fourth-order valence-corrected chi connectivity index (χ4v) is 2.11. The van der Waals surface area contributed by atoms with Gasteiger partial charge in [-0.25, -0.2) is 0 Å². The highest BCUT2D eigenvalue weighted by atomic mass is 35.5. The van der Waals surface area contributed by atoms with Crippen LogP contribution in [0.25, 0.3) is 0 Å². The molecule has 0 saturated carbocycles. The number of nitrogens with zero attached hydrogens (tertiary/aromatic N) is 1. The first-order valence-corrected chi connectivity index (χ1v) is 6.25. The van der Waals surface area contributed by atoms with Crippen LogP contribution in [0.2, 0.25) is 10.0 Å².